The zero-order valence-corrected chi connectivity index (χ0v) is 20.0. The van der Waals surface area contributed by atoms with Crippen LogP contribution >= 0.6 is 23.2 Å². The summed E-state index contributed by atoms with van der Waals surface area (Å²) < 4.78 is 9.19. The molecule has 0 aromatic heterocycles. The molecule has 1 aliphatic heterocycles. The topological polar surface area (TPSA) is 97.0 Å². The Bertz CT molecular complexity index is 1050. The van der Waals surface area contributed by atoms with Crippen LogP contribution in [0.1, 0.15) is 29.0 Å². The van der Waals surface area contributed by atoms with Gasteiger partial charge in [0.1, 0.15) is 6.04 Å². The molecule has 2 atom stereocenters. The second-order valence-corrected chi connectivity index (χ2v) is 8.62. The number of nitrogens with zero attached hydrogens (tertiary/aromatic N) is 1. The van der Waals surface area contributed by atoms with Crippen LogP contribution in [0, 0.1) is 0 Å². The fourth-order valence-electron chi connectivity index (χ4n) is 3.84. The zero-order valence-electron chi connectivity index (χ0n) is 18.5. The molecular formula is C23H25Cl2N3O5. The van der Waals surface area contributed by atoms with Gasteiger partial charge >= 0.3 is 18.0 Å². The molecular weight excluding hydrogens is 469 g/mol. The summed E-state index contributed by atoms with van der Waals surface area (Å²) in [6, 6.07) is 9.27. The van der Waals surface area contributed by atoms with Gasteiger partial charge in [-0.15, -0.1) is 0 Å². The Morgan fingerprint density at radius 3 is 2.45 bits per heavy atom. The lowest BCUT2D eigenvalue weighted by atomic mass is 9.85. The van der Waals surface area contributed by atoms with Crippen molar-refractivity contribution in [2.45, 2.75) is 24.9 Å². The molecule has 176 valence electrons. The van der Waals surface area contributed by atoms with E-state index in [-0.39, 0.29) is 12.3 Å². The summed E-state index contributed by atoms with van der Waals surface area (Å²) in [5, 5.41) is 6.33. The SMILES string of the molecule is COC(=O)C[C@H](NC(=O)Nc1ccc(C2CN(C)Cc3c(Cl)cc(Cl)cc32)cc1)C(=O)OC. The molecule has 8 nitrogen and oxygen atoms in total. The molecule has 10 heteroatoms. The molecule has 1 heterocycles. The smallest absolute Gasteiger partial charge is 0.329 e. The number of urea groups is 1. The molecule has 0 fully saturated rings. The van der Waals surface area contributed by atoms with Gasteiger partial charge in [-0.25, -0.2) is 9.59 Å². The number of esters is 2. The summed E-state index contributed by atoms with van der Waals surface area (Å²) in [5.74, 6) is -1.32. The number of amides is 2. The van der Waals surface area contributed by atoms with Crippen molar-refractivity contribution in [2.75, 3.05) is 33.1 Å². The van der Waals surface area contributed by atoms with E-state index in [0.717, 1.165) is 29.8 Å². The van der Waals surface area contributed by atoms with Gasteiger partial charge in [0, 0.05) is 34.7 Å². The number of halogens is 2. The number of hydrogen-bond donors (Lipinski definition) is 2. The summed E-state index contributed by atoms with van der Waals surface area (Å²) >= 11 is 12.7. The monoisotopic (exact) mass is 493 g/mol. The Kier molecular flexibility index (Phi) is 8.18. The van der Waals surface area contributed by atoms with Crippen LogP contribution in [0.15, 0.2) is 36.4 Å². The van der Waals surface area contributed by atoms with Crippen molar-refractivity contribution in [3.05, 3.63) is 63.1 Å². The number of carbonyl (C=O) groups excluding carboxylic acids is 3. The van der Waals surface area contributed by atoms with Crippen LogP contribution in [0.4, 0.5) is 10.5 Å². The van der Waals surface area contributed by atoms with E-state index in [1.54, 1.807) is 18.2 Å². The molecule has 0 saturated heterocycles. The number of fused-ring (bicyclic) bond motifs is 1. The second kappa shape index (κ2) is 10.9. The predicted molar refractivity (Wildman–Crippen MR) is 126 cm³/mol. The first kappa shape index (κ1) is 24.8. The maximum absolute atomic E-state index is 12.4. The van der Waals surface area contributed by atoms with Crippen LogP contribution in [-0.2, 0) is 25.6 Å². The van der Waals surface area contributed by atoms with E-state index in [4.69, 9.17) is 23.2 Å². The average molecular weight is 494 g/mol. The molecule has 0 saturated carbocycles. The van der Waals surface area contributed by atoms with E-state index in [1.807, 2.05) is 25.2 Å². The van der Waals surface area contributed by atoms with E-state index in [2.05, 4.69) is 25.0 Å². The fraction of sp³-hybridized carbons (Fsp3) is 0.348. The van der Waals surface area contributed by atoms with Gasteiger partial charge in [0.25, 0.3) is 0 Å². The minimum Gasteiger partial charge on any atom is -0.469 e. The van der Waals surface area contributed by atoms with Crippen LogP contribution in [0.25, 0.3) is 0 Å². The molecule has 0 radical (unpaired) electrons. The largest absolute Gasteiger partial charge is 0.469 e. The Morgan fingerprint density at radius 2 is 1.82 bits per heavy atom. The first-order valence-corrected chi connectivity index (χ1v) is 11.0. The first-order chi connectivity index (χ1) is 15.7. The second-order valence-electron chi connectivity index (χ2n) is 7.78. The van der Waals surface area contributed by atoms with Gasteiger partial charge in [0.15, 0.2) is 0 Å². The van der Waals surface area contributed by atoms with E-state index in [9.17, 15) is 14.4 Å². The van der Waals surface area contributed by atoms with Crippen LogP contribution in [-0.4, -0.2) is 56.7 Å². The Labute approximate surface area is 202 Å². The third kappa shape index (κ3) is 6.16. The summed E-state index contributed by atoms with van der Waals surface area (Å²) in [6.07, 6.45) is -0.338. The van der Waals surface area contributed by atoms with Gasteiger partial charge < -0.3 is 25.0 Å². The summed E-state index contributed by atoms with van der Waals surface area (Å²) in [6.45, 7) is 1.54. The lowest BCUT2D eigenvalue weighted by molar-refractivity contribution is -0.149. The molecule has 33 heavy (non-hydrogen) atoms. The maximum Gasteiger partial charge on any atom is 0.329 e. The quantitative estimate of drug-likeness (QED) is 0.594. The number of carbonyl (C=O) groups is 3. The Hall–Kier alpha value is -2.81. The van der Waals surface area contributed by atoms with Crippen molar-refractivity contribution in [2.24, 2.45) is 0 Å². The van der Waals surface area contributed by atoms with Gasteiger partial charge in [-0.2, -0.15) is 0 Å². The van der Waals surface area contributed by atoms with Gasteiger partial charge in [-0.3, -0.25) is 4.79 Å². The van der Waals surface area contributed by atoms with Crippen LogP contribution < -0.4 is 10.6 Å². The van der Waals surface area contributed by atoms with Crippen molar-refractivity contribution in [1.29, 1.82) is 0 Å². The van der Waals surface area contributed by atoms with Gasteiger partial charge in [-0.05, 0) is 48.0 Å². The fourth-order valence-corrected chi connectivity index (χ4v) is 4.41. The molecule has 1 unspecified atom stereocenters. The summed E-state index contributed by atoms with van der Waals surface area (Å²) in [4.78, 5) is 37.9. The number of rotatable bonds is 6. The lowest BCUT2D eigenvalue weighted by Crippen LogP contribution is -2.45. The minimum atomic E-state index is -1.16. The highest BCUT2D eigenvalue weighted by Gasteiger charge is 2.28. The van der Waals surface area contributed by atoms with Crippen molar-refractivity contribution in [3.8, 4) is 0 Å². The Morgan fingerprint density at radius 1 is 1.12 bits per heavy atom. The first-order valence-electron chi connectivity index (χ1n) is 10.2. The molecule has 3 rings (SSSR count). The van der Waals surface area contributed by atoms with Crippen LogP contribution in [0.5, 0.6) is 0 Å². The number of anilines is 1. The molecule has 2 aromatic rings. The van der Waals surface area contributed by atoms with Gasteiger partial charge in [0.2, 0.25) is 0 Å². The van der Waals surface area contributed by atoms with E-state index in [0.29, 0.717) is 15.7 Å². The van der Waals surface area contributed by atoms with Crippen molar-refractivity contribution in [1.82, 2.24) is 10.2 Å². The Balaban J connectivity index is 1.73. The van der Waals surface area contributed by atoms with E-state index in [1.165, 1.54) is 14.2 Å². The molecule has 2 N–H and O–H groups in total. The van der Waals surface area contributed by atoms with E-state index < -0.39 is 24.0 Å². The highest BCUT2D eigenvalue weighted by molar-refractivity contribution is 6.35. The predicted octanol–water partition coefficient (Wildman–Crippen LogP) is 3.80. The standard InChI is InChI=1S/C23H25Cl2N3O5/c1-28-11-17(16-8-14(24)9-19(25)18(16)12-28)13-4-6-15(7-5-13)26-23(31)27-20(22(30)33-3)10-21(29)32-2/h4-9,17,20H,10-12H2,1-3H3,(H2,26,27,31)/t17?,20-/m0/s1. The van der Waals surface area contributed by atoms with Crippen molar-refractivity contribution >= 4 is 46.9 Å². The summed E-state index contributed by atoms with van der Waals surface area (Å²) in [7, 11) is 4.40. The molecule has 0 bridgehead atoms. The highest BCUT2D eigenvalue weighted by atomic mass is 35.5. The highest BCUT2D eigenvalue weighted by Crippen LogP contribution is 2.38. The number of nitrogens with one attached hydrogen (secondary N) is 2. The number of hydrogen-bond acceptors (Lipinski definition) is 6. The lowest BCUT2D eigenvalue weighted by Gasteiger charge is -2.33. The molecule has 0 spiro atoms. The van der Waals surface area contributed by atoms with Crippen molar-refractivity contribution < 1.29 is 23.9 Å². The number of methoxy groups -OCH3 is 2. The summed E-state index contributed by atoms with van der Waals surface area (Å²) in [5.41, 5.74) is 3.71. The maximum atomic E-state index is 12.4. The third-order valence-corrected chi connectivity index (χ3v) is 6.01. The average Bonchev–Trinajstić information content (AvgIpc) is 2.78. The van der Waals surface area contributed by atoms with E-state index >= 15 is 0 Å². The minimum absolute atomic E-state index is 0.0709. The molecule has 2 aromatic carbocycles. The van der Waals surface area contributed by atoms with Crippen molar-refractivity contribution in [3.63, 3.8) is 0 Å². The molecule has 1 aliphatic rings. The molecule has 0 aliphatic carbocycles. The van der Waals surface area contributed by atoms with Crippen LogP contribution in [0.2, 0.25) is 10.0 Å². The number of benzene rings is 2. The number of ether oxygens (including phenoxy) is 2. The van der Waals surface area contributed by atoms with Gasteiger partial charge in [-0.1, -0.05) is 35.3 Å². The van der Waals surface area contributed by atoms with Crippen LogP contribution in [0.3, 0.4) is 0 Å². The van der Waals surface area contributed by atoms with Gasteiger partial charge in [0.05, 0.1) is 20.6 Å². The molecule has 2 amide bonds. The third-order valence-electron chi connectivity index (χ3n) is 5.45. The zero-order chi connectivity index (χ0) is 24.1. The normalized spacial score (nSPS) is 16.3. The number of likely N-dealkylation sites (N-methyl/N-ethyl adjacent to an activating group) is 1.